The average Bonchev–Trinajstić information content (AvgIpc) is 2.48. The molecule has 0 aromatic carbocycles. The van der Waals surface area contributed by atoms with Gasteiger partial charge in [-0.2, -0.15) is 0 Å². The molecule has 126 valence electrons. The zero-order valence-electron chi connectivity index (χ0n) is 13.4. The summed E-state index contributed by atoms with van der Waals surface area (Å²) in [5.74, 6) is -0.298. The van der Waals surface area contributed by atoms with Crippen LogP contribution in [-0.4, -0.2) is 68.8 Å². The van der Waals surface area contributed by atoms with Crippen molar-refractivity contribution in [3.63, 3.8) is 0 Å². The fourth-order valence-electron chi connectivity index (χ4n) is 2.22. The first-order chi connectivity index (χ1) is 10.6. The van der Waals surface area contributed by atoms with Crippen molar-refractivity contribution in [1.82, 2.24) is 15.5 Å². The normalized spacial score (nSPS) is 15.3. The Morgan fingerprint density at radius 1 is 1.18 bits per heavy atom. The van der Waals surface area contributed by atoms with Gasteiger partial charge in [0.1, 0.15) is 0 Å². The number of nitrogens with zero attached hydrogens (tertiary/aromatic N) is 1. The number of quaternary nitrogens is 1. The minimum atomic E-state index is -0.442. The van der Waals surface area contributed by atoms with Gasteiger partial charge in [-0.05, 0) is 13.3 Å². The fourth-order valence-corrected chi connectivity index (χ4v) is 2.22. The van der Waals surface area contributed by atoms with E-state index in [4.69, 9.17) is 4.74 Å². The number of nitrogens with one attached hydrogen (secondary N) is 3. The molecule has 0 aliphatic carbocycles. The van der Waals surface area contributed by atoms with Gasteiger partial charge in [0, 0.05) is 6.54 Å². The molecule has 8 nitrogen and oxygen atoms in total. The maximum absolute atomic E-state index is 11.8. The Morgan fingerprint density at radius 3 is 2.45 bits per heavy atom. The van der Waals surface area contributed by atoms with Gasteiger partial charge in [-0.25, -0.2) is 9.59 Å². The van der Waals surface area contributed by atoms with Gasteiger partial charge in [-0.3, -0.25) is 15.0 Å². The maximum atomic E-state index is 11.8. The van der Waals surface area contributed by atoms with Crippen molar-refractivity contribution in [1.29, 1.82) is 0 Å². The second kappa shape index (κ2) is 9.99. The molecule has 0 atom stereocenters. The van der Waals surface area contributed by atoms with Crippen molar-refractivity contribution in [3.05, 3.63) is 0 Å². The van der Waals surface area contributed by atoms with Crippen LogP contribution in [0.4, 0.5) is 9.59 Å². The highest BCUT2D eigenvalue weighted by Gasteiger charge is 2.26. The molecule has 22 heavy (non-hydrogen) atoms. The van der Waals surface area contributed by atoms with Crippen LogP contribution in [0, 0.1) is 0 Å². The molecule has 1 heterocycles. The van der Waals surface area contributed by atoms with Crippen LogP contribution in [0.5, 0.6) is 0 Å². The smallest absolute Gasteiger partial charge is 0.410 e. The maximum Gasteiger partial charge on any atom is 0.410 e. The SMILES string of the molecule is CCCCNC(=O)NC(=O)C[NH+]1CCN(C(=O)OCC)CC1. The summed E-state index contributed by atoms with van der Waals surface area (Å²) in [7, 11) is 0. The number of carbonyl (C=O) groups excluding carboxylic acids is 3. The lowest BCUT2D eigenvalue weighted by atomic mass is 10.3. The molecule has 1 aliphatic heterocycles. The quantitative estimate of drug-likeness (QED) is 0.547. The molecule has 1 saturated heterocycles. The lowest BCUT2D eigenvalue weighted by Gasteiger charge is -2.31. The number of imide groups is 1. The molecule has 8 heteroatoms. The number of rotatable bonds is 6. The van der Waals surface area contributed by atoms with E-state index >= 15 is 0 Å². The lowest BCUT2D eigenvalue weighted by molar-refractivity contribution is -0.896. The van der Waals surface area contributed by atoms with Gasteiger partial charge < -0.3 is 15.0 Å². The van der Waals surface area contributed by atoms with Crippen molar-refractivity contribution in [3.8, 4) is 0 Å². The molecule has 0 aromatic rings. The molecule has 1 aliphatic rings. The number of unbranched alkanes of at least 4 members (excludes halogenated alkanes) is 1. The minimum Gasteiger partial charge on any atom is -0.450 e. The predicted octanol–water partition coefficient (Wildman–Crippen LogP) is -1.03. The molecule has 1 fully saturated rings. The van der Waals surface area contributed by atoms with Crippen molar-refractivity contribution in [2.75, 3.05) is 45.9 Å². The summed E-state index contributed by atoms with van der Waals surface area (Å²) >= 11 is 0. The standard InChI is InChI=1S/C14H26N4O4/c1-3-5-6-15-13(20)16-12(19)11-17-7-9-18(10-8-17)14(21)22-4-2/h3-11H2,1-2H3,(H2,15,16,19,20)/p+1. The molecule has 4 amide bonds. The van der Waals surface area contributed by atoms with Gasteiger partial charge in [-0.15, -0.1) is 0 Å². The highest BCUT2D eigenvalue weighted by molar-refractivity contribution is 5.94. The lowest BCUT2D eigenvalue weighted by Crippen LogP contribution is -3.15. The van der Waals surface area contributed by atoms with Gasteiger partial charge in [0.05, 0.1) is 32.8 Å². The number of ether oxygens (including phenoxy) is 1. The highest BCUT2D eigenvalue weighted by atomic mass is 16.6. The summed E-state index contributed by atoms with van der Waals surface area (Å²) in [6.45, 7) is 7.43. The van der Waals surface area contributed by atoms with Crippen LogP contribution in [0.1, 0.15) is 26.7 Å². The average molecular weight is 315 g/mol. The van der Waals surface area contributed by atoms with Gasteiger partial charge in [0.25, 0.3) is 5.91 Å². The Bertz CT molecular complexity index is 381. The van der Waals surface area contributed by atoms with Gasteiger partial charge in [-0.1, -0.05) is 13.3 Å². The van der Waals surface area contributed by atoms with E-state index in [-0.39, 0.29) is 18.5 Å². The molecular formula is C14H27N4O4+. The minimum absolute atomic E-state index is 0.234. The Hall–Kier alpha value is -1.83. The molecular weight excluding hydrogens is 288 g/mol. The van der Waals surface area contributed by atoms with Crippen LogP contribution in [0.3, 0.4) is 0 Å². The molecule has 1 rings (SSSR count). The fraction of sp³-hybridized carbons (Fsp3) is 0.786. The summed E-state index contributed by atoms with van der Waals surface area (Å²) < 4.78 is 4.94. The number of hydrogen-bond donors (Lipinski definition) is 3. The first-order valence-corrected chi connectivity index (χ1v) is 7.89. The van der Waals surface area contributed by atoms with Gasteiger partial charge >= 0.3 is 12.1 Å². The summed E-state index contributed by atoms with van der Waals surface area (Å²) in [6, 6.07) is -0.442. The van der Waals surface area contributed by atoms with Crippen molar-refractivity contribution in [2.24, 2.45) is 0 Å². The number of hydrogen-bond acceptors (Lipinski definition) is 4. The third-order valence-corrected chi connectivity index (χ3v) is 3.48. The topological polar surface area (TPSA) is 92.2 Å². The number of amides is 4. The highest BCUT2D eigenvalue weighted by Crippen LogP contribution is 1.94. The summed E-state index contributed by atoms with van der Waals surface area (Å²) in [4.78, 5) is 37.5. The first-order valence-electron chi connectivity index (χ1n) is 7.89. The van der Waals surface area contributed by atoms with Crippen LogP contribution in [-0.2, 0) is 9.53 Å². The van der Waals surface area contributed by atoms with E-state index in [1.807, 2.05) is 6.92 Å². The third-order valence-electron chi connectivity index (χ3n) is 3.48. The monoisotopic (exact) mass is 315 g/mol. The van der Waals surface area contributed by atoms with Crippen LogP contribution in [0.15, 0.2) is 0 Å². The number of carbonyl (C=O) groups is 3. The third kappa shape index (κ3) is 6.75. The van der Waals surface area contributed by atoms with Crippen LogP contribution in [0.25, 0.3) is 0 Å². The molecule has 3 N–H and O–H groups in total. The first kappa shape index (κ1) is 18.2. The molecule has 0 radical (unpaired) electrons. The summed E-state index contributed by atoms with van der Waals surface area (Å²) in [5.41, 5.74) is 0. The predicted molar refractivity (Wildman–Crippen MR) is 80.6 cm³/mol. The Kier molecular flexibility index (Phi) is 8.27. The Labute approximate surface area is 131 Å². The van der Waals surface area contributed by atoms with Crippen molar-refractivity contribution >= 4 is 18.0 Å². The Morgan fingerprint density at radius 2 is 1.86 bits per heavy atom. The van der Waals surface area contributed by atoms with Crippen LogP contribution >= 0.6 is 0 Å². The van der Waals surface area contributed by atoms with Crippen molar-refractivity contribution in [2.45, 2.75) is 26.7 Å². The summed E-state index contributed by atoms with van der Waals surface area (Å²) in [6.07, 6.45) is 1.58. The van der Waals surface area contributed by atoms with E-state index in [2.05, 4.69) is 10.6 Å². The van der Waals surface area contributed by atoms with E-state index < -0.39 is 6.03 Å². The van der Waals surface area contributed by atoms with E-state index in [0.29, 0.717) is 39.3 Å². The zero-order chi connectivity index (χ0) is 16.4. The van der Waals surface area contributed by atoms with Crippen LogP contribution in [0.2, 0.25) is 0 Å². The van der Waals surface area contributed by atoms with Crippen molar-refractivity contribution < 1.29 is 24.0 Å². The van der Waals surface area contributed by atoms with Gasteiger partial charge in [0.15, 0.2) is 6.54 Å². The van der Waals surface area contributed by atoms with Crippen LogP contribution < -0.4 is 15.5 Å². The zero-order valence-corrected chi connectivity index (χ0v) is 13.4. The molecule has 0 aromatic heterocycles. The van der Waals surface area contributed by atoms with E-state index in [0.717, 1.165) is 17.7 Å². The molecule has 0 bridgehead atoms. The largest absolute Gasteiger partial charge is 0.450 e. The number of piperazine rings is 1. The number of urea groups is 1. The molecule has 0 unspecified atom stereocenters. The molecule has 0 saturated carbocycles. The Balaban J connectivity index is 2.21. The second-order valence-corrected chi connectivity index (χ2v) is 5.27. The summed E-state index contributed by atoms with van der Waals surface area (Å²) in [5, 5.41) is 4.96. The van der Waals surface area contributed by atoms with E-state index in [9.17, 15) is 14.4 Å². The van der Waals surface area contributed by atoms with Gasteiger partial charge in [0.2, 0.25) is 0 Å². The second-order valence-electron chi connectivity index (χ2n) is 5.27. The van der Waals surface area contributed by atoms with E-state index in [1.165, 1.54) is 0 Å². The molecule has 0 spiro atoms. The van der Waals surface area contributed by atoms with E-state index in [1.54, 1.807) is 11.8 Å².